The molecule has 0 saturated heterocycles. The van der Waals surface area contributed by atoms with Crippen LogP contribution < -0.4 is 16.4 Å². The van der Waals surface area contributed by atoms with Crippen molar-refractivity contribution in [1.82, 2.24) is 18.9 Å². The minimum absolute atomic E-state index is 0.149. The minimum atomic E-state index is -0.668. The first kappa shape index (κ1) is 28.5. The summed E-state index contributed by atoms with van der Waals surface area (Å²) in [5, 5.41) is 3.80. The highest BCUT2D eigenvalue weighted by molar-refractivity contribution is 8.00. The molecule has 6 rings (SSSR count). The van der Waals surface area contributed by atoms with Crippen LogP contribution in [0.3, 0.4) is 0 Å². The first-order valence-corrected chi connectivity index (χ1v) is 15.9. The number of amides is 1. The van der Waals surface area contributed by atoms with Crippen molar-refractivity contribution in [2.75, 3.05) is 5.32 Å². The number of thiophene rings is 1. The molecule has 0 fully saturated rings. The molecule has 42 heavy (non-hydrogen) atoms. The fourth-order valence-electron chi connectivity index (χ4n) is 5.46. The van der Waals surface area contributed by atoms with Crippen LogP contribution in [0.2, 0.25) is 5.02 Å². The Balaban J connectivity index is 1.39. The third-order valence-electron chi connectivity index (χ3n) is 7.89. The number of para-hydroxylation sites is 1. The number of thioether (sulfide) groups is 1. The molecule has 3 heterocycles. The van der Waals surface area contributed by atoms with Gasteiger partial charge in [-0.3, -0.25) is 23.6 Å². The number of aryl methyl sites for hydroxylation is 2. The van der Waals surface area contributed by atoms with E-state index in [0.29, 0.717) is 37.5 Å². The third kappa shape index (κ3) is 4.81. The first-order valence-electron chi connectivity index (χ1n) is 13.8. The summed E-state index contributed by atoms with van der Waals surface area (Å²) in [6.45, 7) is 5.42. The molecule has 0 aliphatic heterocycles. The van der Waals surface area contributed by atoms with Gasteiger partial charge in [-0.1, -0.05) is 47.6 Å². The summed E-state index contributed by atoms with van der Waals surface area (Å²) in [5.41, 5.74) is 3.58. The Morgan fingerprint density at radius 1 is 1.05 bits per heavy atom. The smallest absolute Gasteiger partial charge is 0.295 e. The van der Waals surface area contributed by atoms with Crippen molar-refractivity contribution in [3.05, 3.63) is 96.0 Å². The van der Waals surface area contributed by atoms with Crippen molar-refractivity contribution in [3.8, 4) is 11.4 Å². The van der Waals surface area contributed by atoms with E-state index >= 15 is 0 Å². The second-order valence-corrected chi connectivity index (χ2v) is 13.3. The highest BCUT2D eigenvalue weighted by Crippen LogP contribution is 2.36. The van der Waals surface area contributed by atoms with Gasteiger partial charge in [-0.2, -0.15) is 0 Å². The Morgan fingerprint density at radius 2 is 1.79 bits per heavy atom. The molecular formula is C31H30ClN5O3S2. The quantitative estimate of drug-likeness (QED) is 0.180. The maximum absolute atomic E-state index is 14.2. The van der Waals surface area contributed by atoms with Crippen LogP contribution in [-0.2, 0) is 24.7 Å². The Labute approximate surface area is 255 Å². The van der Waals surface area contributed by atoms with E-state index in [1.165, 1.54) is 21.3 Å². The van der Waals surface area contributed by atoms with Gasteiger partial charge in [0.25, 0.3) is 11.1 Å². The molecule has 5 aromatic rings. The van der Waals surface area contributed by atoms with Crippen molar-refractivity contribution in [1.29, 1.82) is 0 Å². The molecule has 0 saturated carbocycles. The molecule has 1 aliphatic carbocycles. The number of carbonyl (C=O) groups is 1. The van der Waals surface area contributed by atoms with Crippen LogP contribution in [-0.4, -0.2) is 30.1 Å². The van der Waals surface area contributed by atoms with Crippen LogP contribution in [0.25, 0.3) is 21.6 Å². The van der Waals surface area contributed by atoms with E-state index in [0.717, 1.165) is 36.8 Å². The van der Waals surface area contributed by atoms with E-state index in [9.17, 15) is 14.4 Å². The van der Waals surface area contributed by atoms with Crippen LogP contribution in [0.1, 0.15) is 41.5 Å². The van der Waals surface area contributed by atoms with Gasteiger partial charge in [-0.15, -0.1) is 11.3 Å². The summed E-state index contributed by atoms with van der Waals surface area (Å²) in [6.07, 6.45) is 3.96. The summed E-state index contributed by atoms with van der Waals surface area (Å²) < 4.78 is 4.84. The van der Waals surface area contributed by atoms with E-state index in [1.54, 1.807) is 47.5 Å². The Morgan fingerprint density at radius 3 is 2.55 bits per heavy atom. The Bertz CT molecular complexity index is 1970. The van der Waals surface area contributed by atoms with E-state index in [1.807, 2.05) is 49.4 Å². The van der Waals surface area contributed by atoms with Crippen molar-refractivity contribution < 1.29 is 4.79 Å². The van der Waals surface area contributed by atoms with E-state index in [2.05, 4.69) is 5.32 Å². The number of hydrogen-bond donors (Lipinski definition) is 1. The fourth-order valence-corrected chi connectivity index (χ4v) is 7.86. The van der Waals surface area contributed by atoms with Gasteiger partial charge in [0, 0.05) is 16.9 Å². The molecule has 1 amide bonds. The molecule has 0 spiro atoms. The average molecular weight is 620 g/mol. The molecule has 1 atom stereocenters. The normalized spacial score (nSPS) is 13.7. The second-order valence-electron chi connectivity index (χ2n) is 10.5. The molecule has 11 heteroatoms. The number of hydrogen-bond acceptors (Lipinski definition) is 6. The summed E-state index contributed by atoms with van der Waals surface area (Å²) in [7, 11) is 1.78. The maximum Gasteiger partial charge on any atom is 0.295 e. The standard InChI is InChI=1S/C31H30ClN5O3S2/c1-17-22(32)14-10-15-23(17)36-29(39)25-21-13-8-9-16-24(21)42-28(25)34-31(36)41-19(3)27(38)33-26-18(2)35(4)37(30(26)40)20-11-6-5-7-12-20/h5-7,10-12,14-15,19H,8-9,13,16H2,1-4H3,(H,33,38). The molecule has 0 bridgehead atoms. The van der Waals surface area contributed by atoms with Crippen molar-refractivity contribution >= 4 is 56.5 Å². The summed E-state index contributed by atoms with van der Waals surface area (Å²) in [5.74, 6) is -0.361. The van der Waals surface area contributed by atoms with Crippen LogP contribution >= 0.6 is 34.7 Å². The Kier molecular flexibility index (Phi) is 7.63. The number of nitrogens with zero attached hydrogens (tertiary/aromatic N) is 4. The number of fused-ring (bicyclic) bond motifs is 3. The zero-order chi connectivity index (χ0) is 29.7. The molecule has 8 nitrogen and oxygen atoms in total. The number of nitrogens with one attached hydrogen (secondary N) is 1. The van der Waals surface area contributed by atoms with Crippen LogP contribution in [0.15, 0.2) is 63.3 Å². The van der Waals surface area contributed by atoms with Gasteiger partial charge in [-0.25, -0.2) is 9.67 Å². The lowest BCUT2D eigenvalue weighted by molar-refractivity contribution is -0.115. The monoisotopic (exact) mass is 619 g/mol. The number of anilines is 1. The molecule has 1 N–H and O–H groups in total. The largest absolute Gasteiger partial charge is 0.319 e. The SMILES string of the molecule is Cc1c(Cl)cccc1-n1c(SC(C)C(=O)Nc2c(C)n(C)n(-c3ccccc3)c2=O)nc2sc3c(c2c1=O)CCCC3. The van der Waals surface area contributed by atoms with Crippen molar-refractivity contribution in [3.63, 3.8) is 0 Å². The molecule has 1 aliphatic rings. The zero-order valence-corrected chi connectivity index (χ0v) is 26.1. The predicted octanol–water partition coefficient (Wildman–Crippen LogP) is 6.20. The fraction of sp³-hybridized carbons (Fsp3) is 0.290. The second kappa shape index (κ2) is 11.2. The topological polar surface area (TPSA) is 90.9 Å². The van der Waals surface area contributed by atoms with Gasteiger partial charge >= 0.3 is 0 Å². The lowest BCUT2D eigenvalue weighted by atomic mass is 9.97. The van der Waals surface area contributed by atoms with E-state index in [4.69, 9.17) is 16.6 Å². The first-order chi connectivity index (χ1) is 20.2. The van der Waals surface area contributed by atoms with Gasteiger partial charge in [0.2, 0.25) is 5.91 Å². The van der Waals surface area contributed by atoms with Gasteiger partial charge in [0.15, 0.2) is 5.16 Å². The number of halogens is 1. The lowest BCUT2D eigenvalue weighted by Gasteiger charge is -2.18. The molecular weight excluding hydrogens is 590 g/mol. The molecule has 216 valence electrons. The molecule has 0 radical (unpaired) electrons. The van der Waals surface area contributed by atoms with Crippen LogP contribution in [0.4, 0.5) is 5.69 Å². The van der Waals surface area contributed by atoms with Crippen molar-refractivity contribution in [2.45, 2.75) is 56.9 Å². The molecule has 3 aromatic heterocycles. The zero-order valence-electron chi connectivity index (χ0n) is 23.7. The average Bonchev–Trinajstić information content (AvgIpc) is 3.45. The summed E-state index contributed by atoms with van der Waals surface area (Å²) in [4.78, 5) is 48.0. The van der Waals surface area contributed by atoms with Gasteiger partial charge in [0.05, 0.1) is 27.7 Å². The Hall–Kier alpha value is -3.60. The van der Waals surface area contributed by atoms with E-state index in [-0.39, 0.29) is 22.7 Å². The minimum Gasteiger partial charge on any atom is -0.319 e. The third-order valence-corrected chi connectivity index (χ3v) is 10.5. The van der Waals surface area contributed by atoms with Gasteiger partial charge < -0.3 is 5.32 Å². The van der Waals surface area contributed by atoms with Gasteiger partial charge in [-0.05, 0) is 81.8 Å². The number of aromatic nitrogens is 4. The molecule has 1 unspecified atom stereocenters. The lowest BCUT2D eigenvalue weighted by Crippen LogP contribution is -2.29. The van der Waals surface area contributed by atoms with Crippen molar-refractivity contribution in [2.24, 2.45) is 7.05 Å². The highest BCUT2D eigenvalue weighted by Gasteiger charge is 2.27. The maximum atomic E-state index is 14.2. The predicted molar refractivity (Wildman–Crippen MR) is 171 cm³/mol. The van der Waals surface area contributed by atoms with Crippen LogP contribution in [0, 0.1) is 13.8 Å². The van der Waals surface area contributed by atoms with E-state index < -0.39 is 5.25 Å². The molecule has 2 aromatic carbocycles. The van der Waals surface area contributed by atoms with Gasteiger partial charge in [0.1, 0.15) is 10.5 Å². The summed E-state index contributed by atoms with van der Waals surface area (Å²) >= 11 is 9.24. The highest BCUT2D eigenvalue weighted by atomic mass is 35.5. The number of rotatable bonds is 6. The number of carbonyl (C=O) groups excluding carboxylic acids is 1. The number of benzene rings is 2. The summed E-state index contributed by atoms with van der Waals surface area (Å²) in [6, 6.07) is 14.7. The van der Waals surface area contributed by atoms with Crippen LogP contribution in [0.5, 0.6) is 0 Å².